The van der Waals surface area contributed by atoms with Crippen LogP contribution in [0.4, 0.5) is 0 Å². The second-order valence-electron chi connectivity index (χ2n) is 3.71. The van der Waals surface area contributed by atoms with E-state index in [-0.39, 0.29) is 5.97 Å². The molecule has 0 aliphatic rings. The third kappa shape index (κ3) is 10.2. The van der Waals surface area contributed by atoms with Crippen molar-refractivity contribution in [2.24, 2.45) is 0 Å². The lowest BCUT2D eigenvalue weighted by Crippen LogP contribution is -2.34. The zero-order chi connectivity index (χ0) is 14.8. The maximum absolute atomic E-state index is 10.5. The Morgan fingerprint density at radius 2 is 1.94 bits per heavy atom. The molecule has 108 valence electrons. The van der Waals surface area contributed by atoms with Gasteiger partial charge in [-0.2, -0.15) is 8.42 Å². The molecule has 18 heavy (non-hydrogen) atoms. The van der Waals surface area contributed by atoms with E-state index in [0.717, 1.165) is 12.5 Å². The molecule has 0 amide bonds. The number of ether oxygens (including phenoxy) is 1. The maximum atomic E-state index is 10.5. The molecule has 0 aromatic heterocycles. The second kappa shape index (κ2) is 10.0. The maximum Gasteiger partial charge on any atom is 0.330 e. The second-order valence-corrected chi connectivity index (χ2v) is 5.29. The lowest BCUT2D eigenvalue weighted by Gasteiger charge is -2.18. The number of rotatable bonds is 6. The summed E-state index contributed by atoms with van der Waals surface area (Å²) in [6.07, 6.45) is 2.42. The summed E-state index contributed by atoms with van der Waals surface area (Å²) >= 11 is 0. The lowest BCUT2D eigenvalue weighted by molar-refractivity contribution is -0.137. The van der Waals surface area contributed by atoms with Gasteiger partial charge in [0, 0.05) is 6.08 Å². The Morgan fingerprint density at radius 1 is 1.44 bits per heavy atom. The summed E-state index contributed by atoms with van der Waals surface area (Å²) in [6.45, 7) is 7.38. The van der Waals surface area contributed by atoms with Gasteiger partial charge in [-0.05, 0) is 26.9 Å². The highest BCUT2D eigenvalue weighted by Crippen LogP contribution is 2.05. The molecule has 0 fully saturated rings. The molecule has 7 heteroatoms. The average Bonchev–Trinajstić information content (AvgIpc) is 2.25. The molecule has 0 aliphatic carbocycles. The summed E-state index contributed by atoms with van der Waals surface area (Å²) in [6, 6.07) is 0. The molecule has 6 nitrogen and oxygen atoms in total. The Hall–Kier alpha value is -0.920. The Bertz CT molecular complexity index is 337. The van der Waals surface area contributed by atoms with Crippen molar-refractivity contribution in [1.82, 2.24) is 4.90 Å². The lowest BCUT2D eigenvalue weighted by atomic mass is 10.4. The molecule has 0 aromatic rings. The summed E-state index contributed by atoms with van der Waals surface area (Å²) in [5.74, 6) is -0.341. The normalized spacial score (nSPS) is 12.3. The molecular formula is C11H23NO5S. The van der Waals surface area contributed by atoms with Gasteiger partial charge in [-0.15, -0.1) is 0 Å². The van der Waals surface area contributed by atoms with E-state index in [1.165, 1.54) is 4.90 Å². The SMILES string of the molecule is C=CC(=O)OCCC.CCC(N(C)C)S(=O)(=O)O. The Morgan fingerprint density at radius 3 is 2.11 bits per heavy atom. The quantitative estimate of drug-likeness (QED) is 0.449. The molecule has 0 aliphatic heterocycles. The van der Waals surface area contributed by atoms with Crippen LogP contribution in [0.3, 0.4) is 0 Å². The molecular weight excluding hydrogens is 258 g/mol. The zero-order valence-electron chi connectivity index (χ0n) is 11.4. The average molecular weight is 281 g/mol. The van der Waals surface area contributed by atoms with Gasteiger partial charge in [0.05, 0.1) is 6.61 Å². The standard InChI is InChI=1S/C6H10O2.C5H13NO3S/c1-3-5-8-6(7)4-2;1-4-5(6(2)3)10(7,8)9/h4H,2-3,5H2,1H3;5H,4H2,1-3H3,(H,7,8,9). The summed E-state index contributed by atoms with van der Waals surface area (Å²) < 4.78 is 34.2. The van der Waals surface area contributed by atoms with Crippen molar-refractivity contribution >= 4 is 16.1 Å². The Labute approximate surface area is 109 Å². The third-order valence-electron chi connectivity index (χ3n) is 1.88. The fourth-order valence-corrected chi connectivity index (χ4v) is 2.06. The van der Waals surface area contributed by atoms with Gasteiger partial charge < -0.3 is 4.74 Å². The van der Waals surface area contributed by atoms with E-state index in [4.69, 9.17) is 4.55 Å². The molecule has 1 atom stereocenters. The summed E-state index contributed by atoms with van der Waals surface area (Å²) in [4.78, 5) is 11.7. The van der Waals surface area contributed by atoms with Crippen LogP contribution in [0.25, 0.3) is 0 Å². The molecule has 0 saturated heterocycles. The predicted molar refractivity (Wildman–Crippen MR) is 70.8 cm³/mol. The highest BCUT2D eigenvalue weighted by atomic mass is 32.2. The molecule has 0 saturated carbocycles. The molecule has 0 radical (unpaired) electrons. The van der Waals surface area contributed by atoms with E-state index in [0.29, 0.717) is 13.0 Å². The van der Waals surface area contributed by atoms with Gasteiger partial charge in [0.15, 0.2) is 0 Å². The van der Waals surface area contributed by atoms with Crippen LogP contribution in [0, 0.1) is 0 Å². The van der Waals surface area contributed by atoms with Gasteiger partial charge in [0.25, 0.3) is 10.1 Å². The van der Waals surface area contributed by atoms with Crippen molar-refractivity contribution in [2.45, 2.75) is 32.1 Å². The molecule has 0 rings (SSSR count). The summed E-state index contributed by atoms with van der Waals surface area (Å²) in [7, 11) is -0.662. The number of hydrogen-bond donors (Lipinski definition) is 1. The number of nitrogens with zero attached hydrogens (tertiary/aromatic N) is 1. The number of hydrogen-bond acceptors (Lipinski definition) is 5. The number of carbonyl (C=O) groups is 1. The monoisotopic (exact) mass is 281 g/mol. The van der Waals surface area contributed by atoms with E-state index < -0.39 is 15.5 Å². The van der Waals surface area contributed by atoms with E-state index in [1.54, 1.807) is 21.0 Å². The first kappa shape index (κ1) is 19.4. The predicted octanol–water partition coefficient (Wildman–Crippen LogP) is 1.30. The Kier molecular flexibility index (Phi) is 10.8. The van der Waals surface area contributed by atoms with Crippen LogP contribution in [-0.4, -0.2) is 49.9 Å². The van der Waals surface area contributed by atoms with Gasteiger partial charge in [-0.25, -0.2) is 4.79 Å². The van der Waals surface area contributed by atoms with Gasteiger partial charge >= 0.3 is 5.97 Å². The molecule has 1 unspecified atom stereocenters. The van der Waals surface area contributed by atoms with Gasteiger partial charge in [-0.3, -0.25) is 9.45 Å². The van der Waals surface area contributed by atoms with Crippen LogP contribution in [-0.2, 0) is 19.6 Å². The van der Waals surface area contributed by atoms with Crippen LogP contribution in [0.2, 0.25) is 0 Å². The number of carbonyl (C=O) groups excluding carboxylic acids is 1. The third-order valence-corrected chi connectivity index (χ3v) is 3.33. The Balaban J connectivity index is 0. The smallest absolute Gasteiger partial charge is 0.330 e. The van der Waals surface area contributed by atoms with Gasteiger partial charge in [-0.1, -0.05) is 20.4 Å². The first-order valence-corrected chi connectivity index (χ1v) is 7.12. The highest BCUT2D eigenvalue weighted by molar-refractivity contribution is 7.86. The molecule has 0 spiro atoms. The van der Waals surface area contributed by atoms with Crippen molar-refractivity contribution in [1.29, 1.82) is 0 Å². The van der Waals surface area contributed by atoms with Crippen LogP contribution in [0.15, 0.2) is 12.7 Å². The zero-order valence-corrected chi connectivity index (χ0v) is 12.2. The van der Waals surface area contributed by atoms with E-state index in [9.17, 15) is 13.2 Å². The van der Waals surface area contributed by atoms with E-state index in [2.05, 4.69) is 11.3 Å². The molecule has 0 aromatic carbocycles. The van der Waals surface area contributed by atoms with E-state index >= 15 is 0 Å². The van der Waals surface area contributed by atoms with Gasteiger partial charge in [0.1, 0.15) is 5.37 Å². The van der Waals surface area contributed by atoms with Crippen molar-refractivity contribution in [3.05, 3.63) is 12.7 Å². The number of esters is 1. The van der Waals surface area contributed by atoms with Crippen molar-refractivity contribution < 1.29 is 22.5 Å². The first-order chi connectivity index (χ1) is 8.20. The van der Waals surface area contributed by atoms with E-state index in [1.807, 2.05) is 6.92 Å². The fourth-order valence-electron chi connectivity index (χ4n) is 1.10. The highest BCUT2D eigenvalue weighted by Gasteiger charge is 2.22. The summed E-state index contributed by atoms with van der Waals surface area (Å²) in [5.41, 5.74) is 0. The first-order valence-electron chi connectivity index (χ1n) is 5.62. The van der Waals surface area contributed by atoms with Crippen molar-refractivity contribution in [2.75, 3.05) is 20.7 Å². The van der Waals surface area contributed by atoms with Crippen LogP contribution in [0.5, 0.6) is 0 Å². The van der Waals surface area contributed by atoms with Crippen LogP contribution in [0.1, 0.15) is 26.7 Å². The van der Waals surface area contributed by atoms with Crippen molar-refractivity contribution in [3.63, 3.8) is 0 Å². The summed E-state index contributed by atoms with van der Waals surface area (Å²) in [5, 5.41) is -0.771. The van der Waals surface area contributed by atoms with Crippen LogP contribution < -0.4 is 0 Å². The molecule has 1 N–H and O–H groups in total. The molecule has 0 bridgehead atoms. The minimum atomic E-state index is -3.89. The molecule has 0 heterocycles. The fraction of sp³-hybridized carbons (Fsp3) is 0.727. The topological polar surface area (TPSA) is 83.9 Å². The van der Waals surface area contributed by atoms with Gasteiger partial charge in [0.2, 0.25) is 0 Å². The van der Waals surface area contributed by atoms with Crippen LogP contribution >= 0.6 is 0 Å². The minimum absolute atomic E-state index is 0.341. The largest absolute Gasteiger partial charge is 0.463 e. The van der Waals surface area contributed by atoms with Crippen molar-refractivity contribution in [3.8, 4) is 0 Å². The minimum Gasteiger partial charge on any atom is -0.463 e.